The number of halogens is 2. The summed E-state index contributed by atoms with van der Waals surface area (Å²) in [6.45, 7) is 0. The number of hydrogen-bond acceptors (Lipinski definition) is 3. The summed E-state index contributed by atoms with van der Waals surface area (Å²) >= 11 is 9.37. The predicted octanol–water partition coefficient (Wildman–Crippen LogP) is 2.39. The van der Waals surface area contributed by atoms with Gasteiger partial charge in [-0.05, 0) is 39.7 Å². The van der Waals surface area contributed by atoms with Gasteiger partial charge >= 0.3 is 0 Å². The average Bonchev–Trinajstić information content (AvgIpc) is 2.71. The lowest BCUT2D eigenvalue weighted by Gasteiger charge is -2.17. The number of nitrogens with one attached hydrogen (secondary N) is 1. The van der Waals surface area contributed by atoms with Crippen molar-refractivity contribution in [2.75, 3.05) is 0 Å². The lowest BCUT2D eigenvalue weighted by molar-refractivity contribution is 0.575. The number of benzene rings is 1. The van der Waals surface area contributed by atoms with Crippen LogP contribution in [-0.2, 0) is 7.05 Å². The van der Waals surface area contributed by atoms with Crippen LogP contribution in [0.5, 0.6) is 0 Å². The number of nitrogens with zero attached hydrogens (tertiary/aromatic N) is 2. The SMILES string of the molecule is Cn1nccc1C(NN)c1ccc(Cl)c(Br)c1. The maximum absolute atomic E-state index is 5.97. The van der Waals surface area contributed by atoms with E-state index in [1.165, 1.54) is 0 Å². The molecule has 0 spiro atoms. The Bertz CT molecular complexity index is 526. The smallest absolute Gasteiger partial charge is 0.0878 e. The number of hydrazine groups is 1. The topological polar surface area (TPSA) is 55.9 Å². The van der Waals surface area contributed by atoms with Crippen LogP contribution in [0, 0.1) is 0 Å². The maximum atomic E-state index is 5.97. The van der Waals surface area contributed by atoms with Gasteiger partial charge in [0.2, 0.25) is 0 Å². The first-order valence-electron chi connectivity index (χ1n) is 5.02. The highest BCUT2D eigenvalue weighted by Gasteiger charge is 2.16. The van der Waals surface area contributed by atoms with Crippen LogP contribution in [0.2, 0.25) is 5.02 Å². The number of nitrogens with two attached hydrogens (primary N) is 1. The highest BCUT2D eigenvalue weighted by Crippen LogP contribution is 2.28. The van der Waals surface area contributed by atoms with E-state index < -0.39 is 0 Å². The summed E-state index contributed by atoms with van der Waals surface area (Å²) in [5, 5.41) is 4.81. The first-order chi connectivity index (χ1) is 8.13. The van der Waals surface area contributed by atoms with Crippen molar-refractivity contribution in [3.63, 3.8) is 0 Å². The molecule has 0 aliphatic rings. The number of hydrogen-bond donors (Lipinski definition) is 2. The van der Waals surface area contributed by atoms with Crippen LogP contribution >= 0.6 is 27.5 Å². The molecule has 1 aromatic carbocycles. The Balaban J connectivity index is 2.42. The lowest BCUT2D eigenvalue weighted by atomic mass is 10.0. The summed E-state index contributed by atoms with van der Waals surface area (Å²) in [7, 11) is 1.88. The van der Waals surface area contributed by atoms with Gasteiger partial charge in [-0.1, -0.05) is 17.7 Å². The van der Waals surface area contributed by atoms with Gasteiger partial charge in [0.15, 0.2) is 0 Å². The Morgan fingerprint density at radius 3 is 2.76 bits per heavy atom. The highest BCUT2D eigenvalue weighted by atomic mass is 79.9. The van der Waals surface area contributed by atoms with Crippen molar-refractivity contribution < 1.29 is 0 Å². The van der Waals surface area contributed by atoms with Crippen molar-refractivity contribution >= 4 is 27.5 Å². The van der Waals surface area contributed by atoms with Crippen molar-refractivity contribution in [1.29, 1.82) is 0 Å². The summed E-state index contributed by atoms with van der Waals surface area (Å²) in [6.07, 6.45) is 1.74. The molecule has 1 unspecified atom stereocenters. The van der Waals surface area contributed by atoms with Crippen molar-refractivity contribution in [3.05, 3.63) is 51.2 Å². The van der Waals surface area contributed by atoms with Crippen LogP contribution < -0.4 is 11.3 Å². The van der Waals surface area contributed by atoms with E-state index in [0.717, 1.165) is 15.7 Å². The number of aromatic nitrogens is 2. The van der Waals surface area contributed by atoms with Gasteiger partial charge in [0.25, 0.3) is 0 Å². The molecule has 0 radical (unpaired) electrons. The molecule has 0 fully saturated rings. The summed E-state index contributed by atoms with van der Waals surface area (Å²) < 4.78 is 2.63. The highest BCUT2D eigenvalue weighted by molar-refractivity contribution is 9.10. The van der Waals surface area contributed by atoms with Crippen molar-refractivity contribution in [2.45, 2.75) is 6.04 Å². The molecule has 3 N–H and O–H groups in total. The van der Waals surface area contributed by atoms with Crippen LogP contribution in [0.15, 0.2) is 34.9 Å². The molecule has 2 aromatic rings. The molecule has 4 nitrogen and oxygen atoms in total. The van der Waals surface area contributed by atoms with Gasteiger partial charge in [-0.2, -0.15) is 5.10 Å². The second kappa shape index (κ2) is 5.18. The Morgan fingerprint density at radius 2 is 2.24 bits per heavy atom. The zero-order chi connectivity index (χ0) is 12.4. The molecule has 0 saturated carbocycles. The van der Waals surface area contributed by atoms with Gasteiger partial charge in [0.05, 0.1) is 16.8 Å². The maximum Gasteiger partial charge on any atom is 0.0878 e. The first kappa shape index (κ1) is 12.6. The van der Waals surface area contributed by atoms with Crippen molar-refractivity contribution in [2.24, 2.45) is 12.9 Å². The zero-order valence-corrected chi connectivity index (χ0v) is 11.5. The molecule has 0 aliphatic heterocycles. The zero-order valence-electron chi connectivity index (χ0n) is 9.19. The number of aryl methyl sites for hydroxylation is 1. The van der Waals surface area contributed by atoms with E-state index in [2.05, 4.69) is 26.5 Å². The van der Waals surface area contributed by atoms with Crippen LogP contribution in [0.4, 0.5) is 0 Å². The Labute approximate surface area is 113 Å². The fraction of sp³-hybridized carbons (Fsp3) is 0.182. The van der Waals surface area contributed by atoms with Gasteiger partial charge in [-0.25, -0.2) is 5.43 Å². The Morgan fingerprint density at radius 1 is 1.47 bits per heavy atom. The summed E-state index contributed by atoms with van der Waals surface area (Å²) in [5.41, 5.74) is 4.79. The van der Waals surface area contributed by atoms with Gasteiger partial charge in [0.1, 0.15) is 0 Å². The third kappa shape index (κ3) is 2.52. The molecule has 17 heavy (non-hydrogen) atoms. The monoisotopic (exact) mass is 314 g/mol. The van der Waals surface area contributed by atoms with E-state index in [1.807, 2.05) is 31.3 Å². The van der Waals surface area contributed by atoms with Crippen LogP contribution in [0.1, 0.15) is 17.3 Å². The molecular weight excluding hydrogens is 304 g/mol. The molecule has 2 rings (SSSR count). The van der Waals surface area contributed by atoms with Crippen molar-refractivity contribution in [1.82, 2.24) is 15.2 Å². The van der Waals surface area contributed by atoms with E-state index in [9.17, 15) is 0 Å². The van der Waals surface area contributed by atoms with Crippen LogP contribution in [-0.4, -0.2) is 9.78 Å². The first-order valence-corrected chi connectivity index (χ1v) is 6.19. The Hall–Kier alpha value is -0.880. The quantitative estimate of drug-likeness (QED) is 0.675. The summed E-state index contributed by atoms with van der Waals surface area (Å²) in [6, 6.07) is 7.52. The van der Waals surface area contributed by atoms with Crippen molar-refractivity contribution in [3.8, 4) is 0 Å². The molecule has 90 valence electrons. The largest absolute Gasteiger partial charge is 0.271 e. The molecule has 1 heterocycles. The normalized spacial score (nSPS) is 12.7. The summed E-state index contributed by atoms with van der Waals surface area (Å²) in [5.74, 6) is 5.61. The second-order valence-corrected chi connectivity index (χ2v) is 4.91. The molecule has 0 bridgehead atoms. The third-order valence-electron chi connectivity index (χ3n) is 2.60. The van der Waals surface area contributed by atoms with Crippen LogP contribution in [0.25, 0.3) is 0 Å². The minimum atomic E-state index is -0.115. The van der Waals surface area contributed by atoms with E-state index >= 15 is 0 Å². The minimum absolute atomic E-state index is 0.115. The van der Waals surface area contributed by atoms with Gasteiger partial charge in [0, 0.05) is 17.7 Å². The third-order valence-corrected chi connectivity index (χ3v) is 3.81. The van der Waals surface area contributed by atoms with Gasteiger partial charge in [-0.15, -0.1) is 0 Å². The molecule has 0 saturated heterocycles. The van der Waals surface area contributed by atoms with Gasteiger partial charge in [-0.3, -0.25) is 10.5 Å². The van der Waals surface area contributed by atoms with E-state index in [4.69, 9.17) is 17.4 Å². The fourth-order valence-corrected chi connectivity index (χ4v) is 2.23. The molecular formula is C11H12BrClN4. The number of rotatable bonds is 3. The van der Waals surface area contributed by atoms with E-state index in [1.54, 1.807) is 10.9 Å². The van der Waals surface area contributed by atoms with E-state index in [-0.39, 0.29) is 6.04 Å². The average molecular weight is 316 g/mol. The standard InChI is InChI=1S/C11H12BrClN4/c1-17-10(4-5-15-17)11(16-14)7-2-3-9(13)8(12)6-7/h2-6,11,16H,14H2,1H3. The molecule has 0 aliphatic carbocycles. The predicted molar refractivity (Wildman–Crippen MR) is 71.5 cm³/mol. The second-order valence-electron chi connectivity index (χ2n) is 3.65. The molecule has 6 heteroatoms. The summed E-state index contributed by atoms with van der Waals surface area (Å²) in [4.78, 5) is 0. The van der Waals surface area contributed by atoms with Gasteiger partial charge < -0.3 is 0 Å². The lowest BCUT2D eigenvalue weighted by Crippen LogP contribution is -2.30. The van der Waals surface area contributed by atoms with E-state index in [0.29, 0.717) is 5.02 Å². The fourth-order valence-electron chi connectivity index (χ4n) is 1.71. The molecule has 1 atom stereocenters. The molecule has 0 amide bonds. The van der Waals surface area contributed by atoms with Crippen LogP contribution in [0.3, 0.4) is 0 Å². The minimum Gasteiger partial charge on any atom is -0.271 e. The molecule has 1 aromatic heterocycles. The Kier molecular flexibility index (Phi) is 3.83.